The van der Waals surface area contributed by atoms with E-state index in [9.17, 15) is 5.11 Å². The van der Waals surface area contributed by atoms with Gasteiger partial charge in [-0.15, -0.1) is 0 Å². The minimum atomic E-state index is -0.946. The molecular weight excluding hydrogens is 414 g/mol. The van der Waals surface area contributed by atoms with E-state index in [-0.39, 0.29) is 6.79 Å². The summed E-state index contributed by atoms with van der Waals surface area (Å²) in [6.07, 6.45) is 6.50. The zero-order chi connectivity index (χ0) is 22.4. The number of aromatic nitrogens is 1. The number of aryl methyl sites for hydroxylation is 1. The van der Waals surface area contributed by atoms with Gasteiger partial charge >= 0.3 is 0 Å². The Kier molecular flexibility index (Phi) is 8.35. The molecule has 1 fully saturated rings. The van der Waals surface area contributed by atoms with Gasteiger partial charge in [0.1, 0.15) is 24.2 Å². The zero-order valence-electron chi connectivity index (χ0n) is 18.6. The van der Waals surface area contributed by atoms with Crippen LogP contribution in [0.2, 0.25) is 5.02 Å². The first-order valence-electron chi connectivity index (χ1n) is 10.8. The zero-order valence-corrected chi connectivity index (χ0v) is 19.4. The first kappa shape index (κ1) is 23.6. The van der Waals surface area contributed by atoms with E-state index in [4.69, 9.17) is 30.8 Å². The monoisotopic (exact) mass is 445 g/mol. The summed E-state index contributed by atoms with van der Waals surface area (Å²) in [5, 5.41) is 11.8. The molecule has 0 bridgehead atoms. The summed E-state index contributed by atoms with van der Waals surface area (Å²) in [7, 11) is 1.60. The number of methoxy groups -OCH3 is 1. The summed E-state index contributed by atoms with van der Waals surface area (Å²) in [5.74, 6) is 1.73. The highest BCUT2D eigenvalue weighted by atomic mass is 35.5. The van der Waals surface area contributed by atoms with Crippen LogP contribution >= 0.6 is 11.6 Å². The summed E-state index contributed by atoms with van der Waals surface area (Å²) in [5.41, 5.74) is 3.75. The molecule has 1 N–H and O–H groups in total. The van der Waals surface area contributed by atoms with Gasteiger partial charge in [0, 0.05) is 24.2 Å². The molecular formula is C25H32ClNO4. The van der Waals surface area contributed by atoms with Gasteiger partial charge in [0.25, 0.3) is 0 Å². The smallest absolute Gasteiger partial charge is 0.188 e. The first-order valence-corrected chi connectivity index (χ1v) is 11.2. The van der Waals surface area contributed by atoms with Crippen molar-refractivity contribution in [3.63, 3.8) is 0 Å². The van der Waals surface area contributed by atoms with Crippen LogP contribution in [0.25, 0.3) is 0 Å². The van der Waals surface area contributed by atoms with Crippen LogP contribution in [0.4, 0.5) is 0 Å². The van der Waals surface area contributed by atoms with Crippen LogP contribution in [-0.2, 0) is 4.74 Å². The molecule has 1 aliphatic carbocycles. The van der Waals surface area contributed by atoms with Crippen molar-refractivity contribution < 1.29 is 19.3 Å². The van der Waals surface area contributed by atoms with E-state index in [1.165, 1.54) is 19.3 Å². The average Bonchev–Trinajstić information content (AvgIpc) is 2.79. The van der Waals surface area contributed by atoms with Gasteiger partial charge < -0.3 is 19.3 Å². The number of benzene rings is 1. The second kappa shape index (κ2) is 11.0. The second-order valence-corrected chi connectivity index (χ2v) is 8.43. The van der Waals surface area contributed by atoms with Gasteiger partial charge in [-0.1, -0.05) is 43.5 Å². The maximum atomic E-state index is 11.3. The molecule has 1 aromatic carbocycles. The van der Waals surface area contributed by atoms with Crippen molar-refractivity contribution in [2.45, 2.75) is 58.0 Å². The molecule has 1 aromatic heterocycles. The minimum Gasteiger partial charge on any atom is -0.489 e. The molecule has 2 aromatic rings. The van der Waals surface area contributed by atoms with Crippen LogP contribution in [0.15, 0.2) is 30.9 Å². The lowest BCUT2D eigenvalue weighted by molar-refractivity contribution is 0.0495. The van der Waals surface area contributed by atoms with Crippen LogP contribution in [0.3, 0.4) is 0 Å². The fourth-order valence-electron chi connectivity index (χ4n) is 4.19. The molecule has 1 atom stereocenters. The van der Waals surface area contributed by atoms with Crippen molar-refractivity contribution in [3.05, 3.63) is 64.0 Å². The van der Waals surface area contributed by atoms with Gasteiger partial charge in [0.15, 0.2) is 6.79 Å². The normalized spacial score (nSPS) is 15.5. The molecule has 1 saturated carbocycles. The van der Waals surface area contributed by atoms with Gasteiger partial charge in [-0.25, -0.2) is 0 Å². The summed E-state index contributed by atoms with van der Waals surface area (Å²) in [4.78, 5) is 4.88. The number of hydrogen-bond acceptors (Lipinski definition) is 5. The lowest BCUT2D eigenvalue weighted by atomic mass is 9.86. The highest BCUT2D eigenvalue weighted by Gasteiger charge is 2.26. The van der Waals surface area contributed by atoms with E-state index in [0.717, 1.165) is 35.4 Å². The molecule has 0 radical (unpaired) electrons. The Bertz CT molecular complexity index is 909. The van der Waals surface area contributed by atoms with Crippen LogP contribution in [0.1, 0.15) is 72.2 Å². The number of nitrogens with zero attached hydrogens (tertiary/aromatic N) is 1. The van der Waals surface area contributed by atoms with E-state index in [1.807, 2.05) is 26.0 Å². The number of rotatable bonds is 9. The van der Waals surface area contributed by atoms with E-state index in [2.05, 4.69) is 6.58 Å². The number of aliphatic hydroxyl groups excluding tert-OH is 1. The van der Waals surface area contributed by atoms with Crippen molar-refractivity contribution in [2.24, 2.45) is 0 Å². The standard InChI is InChI=1S/C25H32ClNO4/c1-5-13-30-21-14-16(2)22(23(26)17(21)3)25(28)19-11-12-20(31-15-29-4)24(27-19)18-9-7-6-8-10-18/h5,11-12,14,18,25,28H,1,6-10,13,15H2,2-4H3. The van der Waals surface area contributed by atoms with Crippen LogP contribution < -0.4 is 9.47 Å². The molecule has 1 heterocycles. The number of hydrogen-bond donors (Lipinski definition) is 1. The van der Waals surface area contributed by atoms with Gasteiger partial charge in [-0.3, -0.25) is 4.98 Å². The maximum Gasteiger partial charge on any atom is 0.188 e. The quantitative estimate of drug-likeness (QED) is 0.377. The molecule has 1 aliphatic rings. The molecule has 1 unspecified atom stereocenters. The summed E-state index contributed by atoms with van der Waals surface area (Å²) in [6.45, 7) is 8.05. The number of halogens is 1. The lowest BCUT2D eigenvalue weighted by Gasteiger charge is -2.25. The lowest BCUT2D eigenvalue weighted by Crippen LogP contribution is -2.14. The fraction of sp³-hybridized carbons (Fsp3) is 0.480. The SMILES string of the molecule is C=CCOc1cc(C)c(C(O)c2ccc(OCOC)c(C3CCCCC3)n2)c(Cl)c1C. The second-order valence-electron chi connectivity index (χ2n) is 8.05. The average molecular weight is 446 g/mol. The molecule has 0 spiro atoms. The number of aliphatic hydroxyl groups is 1. The molecule has 3 rings (SSSR count). The van der Waals surface area contributed by atoms with Crippen LogP contribution in [0, 0.1) is 13.8 Å². The highest BCUT2D eigenvalue weighted by molar-refractivity contribution is 6.32. The van der Waals surface area contributed by atoms with Crippen molar-refractivity contribution in [1.29, 1.82) is 0 Å². The predicted octanol–water partition coefficient (Wildman–Crippen LogP) is 6.03. The Morgan fingerprint density at radius 2 is 1.94 bits per heavy atom. The first-order chi connectivity index (χ1) is 15.0. The molecule has 0 amide bonds. The summed E-state index contributed by atoms with van der Waals surface area (Å²) in [6, 6.07) is 5.59. The molecule has 6 heteroatoms. The Morgan fingerprint density at radius 3 is 2.61 bits per heavy atom. The van der Waals surface area contributed by atoms with Gasteiger partial charge in [0.2, 0.25) is 0 Å². The van der Waals surface area contributed by atoms with E-state index in [1.54, 1.807) is 19.3 Å². The molecule has 5 nitrogen and oxygen atoms in total. The van der Waals surface area contributed by atoms with Crippen molar-refractivity contribution in [2.75, 3.05) is 20.5 Å². The number of pyridine rings is 1. The van der Waals surface area contributed by atoms with Crippen molar-refractivity contribution >= 4 is 11.6 Å². The number of ether oxygens (including phenoxy) is 3. The van der Waals surface area contributed by atoms with Gasteiger partial charge in [-0.2, -0.15) is 0 Å². The third-order valence-electron chi connectivity index (χ3n) is 5.85. The van der Waals surface area contributed by atoms with Crippen molar-refractivity contribution in [1.82, 2.24) is 4.98 Å². The molecule has 168 valence electrons. The predicted molar refractivity (Wildman–Crippen MR) is 123 cm³/mol. The van der Waals surface area contributed by atoms with E-state index < -0.39 is 6.10 Å². The Morgan fingerprint density at radius 1 is 1.19 bits per heavy atom. The third-order valence-corrected chi connectivity index (χ3v) is 6.34. The van der Waals surface area contributed by atoms with Crippen LogP contribution in [0.5, 0.6) is 11.5 Å². The largest absolute Gasteiger partial charge is 0.489 e. The summed E-state index contributed by atoms with van der Waals surface area (Å²) < 4.78 is 16.6. The Labute approximate surface area is 190 Å². The van der Waals surface area contributed by atoms with Gasteiger partial charge in [0.05, 0.1) is 16.4 Å². The fourth-order valence-corrected chi connectivity index (χ4v) is 4.54. The molecule has 31 heavy (non-hydrogen) atoms. The van der Waals surface area contributed by atoms with E-state index in [0.29, 0.717) is 34.6 Å². The molecule has 0 aliphatic heterocycles. The maximum absolute atomic E-state index is 11.3. The van der Waals surface area contributed by atoms with Crippen LogP contribution in [-0.4, -0.2) is 30.6 Å². The Balaban J connectivity index is 1.98. The summed E-state index contributed by atoms with van der Waals surface area (Å²) >= 11 is 6.68. The minimum absolute atomic E-state index is 0.166. The van der Waals surface area contributed by atoms with E-state index >= 15 is 0 Å². The van der Waals surface area contributed by atoms with Crippen molar-refractivity contribution in [3.8, 4) is 11.5 Å². The van der Waals surface area contributed by atoms with Gasteiger partial charge in [-0.05, 0) is 50.5 Å². The topological polar surface area (TPSA) is 60.8 Å². The highest BCUT2D eigenvalue weighted by Crippen LogP contribution is 2.40. The Hall–Kier alpha value is -2.08. The molecule has 0 saturated heterocycles. The third kappa shape index (κ3) is 5.40.